The summed E-state index contributed by atoms with van der Waals surface area (Å²) in [5.41, 5.74) is 2.34. The molecule has 1 aliphatic heterocycles. The van der Waals surface area contributed by atoms with Gasteiger partial charge in [-0.2, -0.15) is 0 Å². The van der Waals surface area contributed by atoms with Crippen molar-refractivity contribution in [2.45, 2.75) is 12.6 Å². The van der Waals surface area contributed by atoms with Gasteiger partial charge < -0.3 is 14.6 Å². The standard InChI is InChI=1S/C18H22ClN3O2/c1-24-12-8-20-17(23)13-22-11-10-21-9-2-3-16(21)18(22)14-4-6-15(19)7-5-14/h2-7,9,18H,8,10-13H2,1H3,(H,20,23). The molecule has 0 saturated carbocycles. The van der Waals surface area contributed by atoms with Crippen LogP contribution in [0.1, 0.15) is 17.3 Å². The molecule has 1 aromatic heterocycles. The number of hydrogen-bond donors (Lipinski definition) is 1. The molecule has 24 heavy (non-hydrogen) atoms. The maximum atomic E-state index is 12.2. The number of amides is 1. The van der Waals surface area contributed by atoms with Crippen LogP contribution in [0.5, 0.6) is 0 Å². The molecule has 128 valence electrons. The molecule has 0 fully saturated rings. The second-order valence-corrected chi connectivity index (χ2v) is 6.33. The SMILES string of the molecule is COCCNC(=O)CN1CCn2cccc2C1c1ccc(Cl)cc1. The number of benzene rings is 1. The number of hydrogen-bond acceptors (Lipinski definition) is 3. The Morgan fingerprint density at radius 1 is 1.29 bits per heavy atom. The van der Waals surface area contributed by atoms with Gasteiger partial charge in [0.15, 0.2) is 0 Å². The molecular formula is C18H22ClN3O2. The van der Waals surface area contributed by atoms with Gasteiger partial charge in [0.05, 0.1) is 19.2 Å². The summed E-state index contributed by atoms with van der Waals surface area (Å²) >= 11 is 6.03. The zero-order valence-electron chi connectivity index (χ0n) is 13.7. The maximum Gasteiger partial charge on any atom is 0.234 e. The van der Waals surface area contributed by atoms with Gasteiger partial charge in [0.25, 0.3) is 0 Å². The third-order valence-corrected chi connectivity index (χ3v) is 4.55. The molecule has 1 atom stereocenters. The van der Waals surface area contributed by atoms with Gasteiger partial charge in [-0.25, -0.2) is 0 Å². The minimum atomic E-state index is 0.0195. The summed E-state index contributed by atoms with van der Waals surface area (Å²) in [6.45, 7) is 3.13. The molecule has 1 aromatic carbocycles. The molecule has 2 heterocycles. The Morgan fingerprint density at radius 3 is 2.83 bits per heavy atom. The van der Waals surface area contributed by atoms with Gasteiger partial charge in [-0.05, 0) is 29.8 Å². The van der Waals surface area contributed by atoms with Crippen molar-refractivity contribution in [2.75, 3.05) is 33.4 Å². The Labute approximate surface area is 147 Å². The quantitative estimate of drug-likeness (QED) is 0.816. The fraction of sp³-hybridized carbons (Fsp3) is 0.389. The van der Waals surface area contributed by atoms with Crippen molar-refractivity contribution in [3.05, 3.63) is 58.9 Å². The van der Waals surface area contributed by atoms with E-state index >= 15 is 0 Å². The van der Waals surface area contributed by atoms with E-state index in [9.17, 15) is 4.79 Å². The van der Waals surface area contributed by atoms with E-state index in [1.165, 1.54) is 5.69 Å². The van der Waals surface area contributed by atoms with Crippen molar-refractivity contribution in [1.29, 1.82) is 0 Å². The lowest BCUT2D eigenvalue weighted by atomic mass is 10.00. The molecule has 1 unspecified atom stereocenters. The topological polar surface area (TPSA) is 46.5 Å². The zero-order chi connectivity index (χ0) is 16.9. The lowest BCUT2D eigenvalue weighted by molar-refractivity contribution is -0.123. The molecule has 5 nitrogen and oxygen atoms in total. The van der Waals surface area contributed by atoms with E-state index in [0.717, 1.165) is 18.7 Å². The van der Waals surface area contributed by atoms with Crippen molar-refractivity contribution < 1.29 is 9.53 Å². The van der Waals surface area contributed by atoms with E-state index in [1.54, 1.807) is 7.11 Å². The fourth-order valence-corrected chi connectivity index (χ4v) is 3.29. The smallest absolute Gasteiger partial charge is 0.234 e. The Balaban J connectivity index is 1.80. The third kappa shape index (κ3) is 3.80. The van der Waals surface area contributed by atoms with E-state index in [1.807, 2.05) is 24.3 Å². The highest BCUT2D eigenvalue weighted by molar-refractivity contribution is 6.30. The molecular weight excluding hydrogens is 326 g/mol. The van der Waals surface area contributed by atoms with E-state index in [4.69, 9.17) is 16.3 Å². The van der Waals surface area contributed by atoms with E-state index in [0.29, 0.717) is 24.7 Å². The van der Waals surface area contributed by atoms with Gasteiger partial charge in [0.2, 0.25) is 5.91 Å². The maximum absolute atomic E-state index is 12.2. The second kappa shape index (κ2) is 7.83. The molecule has 0 bridgehead atoms. The van der Waals surface area contributed by atoms with Crippen LogP contribution in [0.15, 0.2) is 42.6 Å². The summed E-state index contributed by atoms with van der Waals surface area (Å²) in [5.74, 6) is 0.0195. The minimum absolute atomic E-state index is 0.0195. The van der Waals surface area contributed by atoms with Crippen LogP contribution in [-0.4, -0.2) is 48.7 Å². The lowest BCUT2D eigenvalue weighted by Gasteiger charge is -2.36. The number of fused-ring (bicyclic) bond motifs is 1. The number of aromatic nitrogens is 1. The average Bonchev–Trinajstić information content (AvgIpc) is 3.04. The highest BCUT2D eigenvalue weighted by Crippen LogP contribution is 2.32. The Bertz CT molecular complexity index is 684. The molecule has 2 aromatic rings. The number of halogens is 1. The second-order valence-electron chi connectivity index (χ2n) is 5.89. The van der Waals surface area contributed by atoms with E-state index in [-0.39, 0.29) is 11.9 Å². The first-order chi connectivity index (χ1) is 11.7. The van der Waals surface area contributed by atoms with Gasteiger partial charge in [0.1, 0.15) is 0 Å². The van der Waals surface area contributed by atoms with Crippen LogP contribution < -0.4 is 5.32 Å². The number of carbonyl (C=O) groups excluding carboxylic acids is 1. The molecule has 6 heteroatoms. The highest BCUT2D eigenvalue weighted by atomic mass is 35.5. The summed E-state index contributed by atoms with van der Waals surface area (Å²) in [6, 6.07) is 12.1. The lowest BCUT2D eigenvalue weighted by Crippen LogP contribution is -2.44. The molecule has 0 aliphatic carbocycles. The number of nitrogens with one attached hydrogen (secondary N) is 1. The summed E-state index contributed by atoms with van der Waals surface area (Å²) in [7, 11) is 1.63. The molecule has 3 rings (SSSR count). The Hall–Kier alpha value is -1.82. The Morgan fingerprint density at radius 2 is 2.08 bits per heavy atom. The van der Waals surface area contributed by atoms with Gasteiger partial charge >= 0.3 is 0 Å². The monoisotopic (exact) mass is 347 g/mol. The normalized spacial score (nSPS) is 17.5. The number of rotatable bonds is 6. The van der Waals surface area contributed by atoms with Crippen molar-refractivity contribution in [1.82, 2.24) is 14.8 Å². The highest BCUT2D eigenvalue weighted by Gasteiger charge is 2.29. The molecule has 0 spiro atoms. The molecule has 1 aliphatic rings. The van der Waals surface area contributed by atoms with Gasteiger partial charge in [-0.3, -0.25) is 9.69 Å². The van der Waals surface area contributed by atoms with Gasteiger partial charge in [-0.1, -0.05) is 23.7 Å². The predicted octanol–water partition coefficient (Wildman–Crippen LogP) is 2.31. The average molecular weight is 348 g/mol. The van der Waals surface area contributed by atoms with E-state index in [2.05, 4.69) is 33.1 Å². The Kier molecular flexibility index (Phi) is 5.56. The largest absolute Gasteiger partial charge is 0.383 e. The first-order valence-electron chi connectivity index (χ1n) is 8.09. The van der Waals surface area contributed by atoms with E-state index < -0.39 is 0 Å². The van der Waals surface area contributed by atoms with Crippen LogP contribution in [-0.2, 0) is 16.1 Å². The number of ether oxygens (including phenoxy) is 1. The summed E-state index contributed by atoms with van der Waals surface area (Å²) in [5, 5.41) is 3.61. The fourth-order valence-electron chi connectivity index (χ4n) is 3.16. The van der Waals surface area contributed by atoms with Gasteiger partial charge in [0, 0.05) is 43.7 Å². The zero-order valence-corrected chi connectivity index (χ0v) is 14.5. The summed E-state index contributed by atoms with van der Waals surface area (Å²) < 4.78 is 7.22. The van der Waals surface area contributed by atoms with Gasteiger partial charge in [-0.15, -0.1) is 0 Å². The van der Waals surface area contributed by atoms with Crippen LogP contribution in [0.3, 0.4) is 0 Å². The molecule has 1 amide bonds. The number of nitrogens with zero attached hydrogens (tertiary/aromatic N) is 2. The van der Waals surface area contributed by atoms with Crippen molar-refractivity contribution in [2.24, 2.45) is 0 Å². The van der Waals surface area contributed by atoms with Crippen LogP contribution in [0.25, 0.3) is 0 Å². The van der Waals surface area contributed by atoms with Crippen LogP contribution >= 0.6 is 11.6 Å². The predicted molar refractivity (Wildman–Crippen MR) is 94.2 cm³/mol. The summed E-state index contributed by atoms with van der Waals surface area (Å²) in [6.07, 6.45) is 2.09. The third-order valence-electron chi connectivity index (χ3n) is 4.30. The van der Waals surface area contributed by atoms with Crippen LogP contribution in [0.4, 0.5) is 0 Å². The number of methoxy groups -OCH3 is 1. The molecule has 0 radical (unpaired) electrons. The van der Waals surface area contributed by atoms with Crippen molar-refractivity contribution in [3.8, 4) is 0 Å². The minimum Gasteiger partial charge on any atom is -0.383 e. The van der Waals surface area contributed by atoms with Crippen molar-refractivity contribution in [3.63, 3.8) is 0 Å². The van der Waals surface area contributed by atoms with Crippen LogP contribution in [0, 0.1) is 0 Å². The molecule has 1 N–H and O–H groups in total. The van der Waals surface area contributed by atoms with Crippen LogP contribution in [0.2, 0.25) is 5.02 Å². The van der Waals surface area contributed by atoms with Crippen molar-refractivity contribution >= 4 is 17.5 Å². The first-order valence-corrected chi connectivity index (χ1v) is 8.47. The number of carbonyl (C=O) groups is 1. The first kappa shape index (κ1) is 17.0. The molecule has 0 saturated heterocycles. The summed E-state index contributed by atoms with van der Waals surface area (Å²) in [4.78, 5) is 14.4.